The summed E-state index contributed by atoms with van der Waals surface area (Å²) >= 11 is 0. The number of phenols is 1. The fourth-order valence-corrected chi connectivity index (χ4v) is 2.85. The lowest BCUT2D eigenvalue weighted by molar-refractivity contribution is 0.261. The van der Waals surface area contributed by atoms with Gasteiger partial charge >= 0.3 is 0 Å². The molecule has 0 saturated carbocycles. The summed E-state index contributed by atoms with van der Waals surface area (Å²) < 4.78 is 18.9. The lowest BCUT2D eigenvalue weighted by Crippen LogP contribution is -2.35. The van der Waals surface area contributed by atoms with E-state index in [4.69, 9.17) is 4.74 Å². The summed E-state index contributed by atoms with van der Waals surface area (Å²) in [5, 5.41) is 10.0. The minimum Gasteiger partial charge on any atom is -0.507 e. The molecule has 1 heterocycles. The summed E-state index contributed by atoms with van der Waals surface area (Å²) in [5.74, 6) is -0.491. The Morgan fingerprint density at radius 1 is 1.57 bits per heavy atom. The number of aromatic hydroxyl groups is 1. The van der Waals surface area contributed by atoms with Gasteiger partial charge < -0.3 is 19.6 Å². The highest BCUT2D eigenvalue weighted by molar-refractivity contribution is 5.72. The Morgan fingerprint density at radius 3 is 2.86 bits per heavy atom. The molecule has 2 rings (SSSR count). The van der Waals surface area contributed by atoms with Gasteiger partial charge in [-0.15, -0.1) is 0 Å². The third-order valence-corrected chi connectivity index (χ3v) is 4.20. The summed E-state index contributed by atoms with van der Waals surface area (Å²) in [6, 6.07) is 2.97. The predicted molar refractivity (Wildman–Crippen MR) is 81.9 cm³/mol. The molecule has 1 fully saturated rings. The number of likely N-dealkylation sites (N-methyl/N-ethyl adjacent to an activating group) is 2. The molecule has 1 saturated heterocycles. The van der Waals surface area contributed by atoms with Crippen LogP contribution in [-0.2, 0) is 0 Å². The van der Waals surface area contributed by atoms with Gasteiger partial charge in [-0.2, -0.15) is 0 Å². The van der Waals surface area contributed by atoms with E-state index in [1.54, 1.807) is 0 Å². The van der Waals surface area contributed by atoms with Crippen LogP contribution in [-0.4, -0.2) is 55.2 Å². The second-order valence-corrected chi connectivity index (χ2v) is 5.58. The fraction of sp³-hybridized carbons (Fsp3) is 0.500. The van der Waals surface area contributed by atoms with E-state index < -0.39 is 5.82 Å². The molecule has 1 aliphatic rings. The standard InChI is InChI=1S/C16H23FN2O2/c1-11(19(3)10-12-6-5-9-18(12)2)15-14(20)8-7-13(17)16(15)21-4/h7-8,12,20H,1,5-6,9-10H2,2-4H3. The van der Waals surface area contributed by atoms with E-state index in [1.165, 1.54) is 25.7 Å². The molecule has 1 atom stereocenters. The minimum absolute atomic E-state index is 0.0233. The van der Waals surface area contributed by atoms with Crippen LogP contribution in [0.2, 0.25) is 0 Å². The Hall–Kier alpha value is -1.75. The molecule has 0 spiro atoms. The first-order chi connectivity index (χ1) is 9.95. The number of rotatable bonds is 5. The Morgan fingerprint density at radius 2 is 2.29 bits per heavy atom. The van der Waals surface area contributed by atoms with Gasteiger partial charge in [-0.05, 0) is 38.6 Å². The molecule has 1 N–H and O–H groups in total. The number of hydrogen-bond donors (Lipinski definition) is 1. The smallest absolute Gasteiger partial charge is 0.167 e. The maximum atomic E-state index is 13.8. The molecular weight excluding hydrogens is 271 g/mol. The van der Waals surface area contributed by atoms with Gasteiger partial charge in [0.25, 0.3) is 0 Å². The largest absolute Gasteiger partial charge is 0.507 e. The zero-order valence-corrected chi connectivity index (χ0v) is 12.9. The highest BCUT2D eigenvalue weighted by atomic mass is 19.1. The SMILES string of the molecule is C=C(c1c(O)ccc(F)c1OC)N(C)CC1CCCN1C. The van der Waals surface area contributed by atoms with Crippen molar-refractivity contribution in [2.24, 2.45) is 0 Å². The van der Waals surface area contributed by atoms with Crippen LogP contribution >= 0.6 is 0 Å². The number of halogens is 1. The number of ether oxygens (including phenoxy) is 1. The summed E-state index contributed by atoms with van der Waals surface area (Å²) in [4.78, 5) is 4.26. The van der Waals surface area contributed by atoms with Gasteiger partial charge in [0.2, 0.25) is 0 Å². The lowest BCUT2D eigenvalue weighted by Gasteiger charge is -2.29. The van der Waals surface area contributed by atoms with Crippen molar-refractivity contribution in [1.82, 2.24) is 9.80 Å². The van der Waals surface area contributed by atoms with E-state index in [-0.39, 0.29) is 11.5 Å². The van der Waals surface area contributed by atoms with Crippen molar-refractivity contribution in [2.45, 2.75) is 18.9 Å². The molecule has 4 nitrogen and oxygen atoms in total. The van der Waals surface area contributed by atoms with E-state index in [0.29, 0.717) is 17.3 Å². The number of phenolic OH excluding ortho intramolecular Hbond substituents is 1. The number of likely N-dealkylation sites (tertiary alicyclic amines) is 1. The zero-order valence-electron chi connectivity index (χ0n) is 12.9. The van der Waals surface area contributed by atoms with Crippen molar-refractivity contribution >= 4 is 5.70 Å². The average molecular weight is 294 g/mol. The maximum Gasteiger partial charge on any atom is 0.167 e. The highest BCUT2D eigenvalue weighted by Gasteiger charge is 2.25. The van der Waals surface area contributed by atoms with Crippen LogP contribution < -0.4 is 4.74 Å². The van der Waals surface area contributed by atoms with Gasteiger partial charge in [0.1, 0.15) is 5.75 Å². The Kier molecular flexibility index (Phi) is 4.73. The molecule has 21 heavy (non-hydrogen) atoms. The second kappa shape index (κ2) is 6.35. The normalized spacial score (nSPS) is 18.8. The van der Waals surface area contributed by atoms with Crippen LogP contribution in [0, 0.1) is 5.82 Å². The first-order valence-corrected chi connectivity index (χ1v) is 7.11. The molecule has 0 aliphatic carbocycles. The van der Waals surface area contributed by atoms with Gasteiger partial charge in [-0.25, -0.2) is 4.39 Å². The van der Waals surface area contributed by atoms with E-state index in [9.17, 15) is 9.50 Å². The molecule has 5 heteroatoms. The van der Waals surface area contributed by atoms with E-state index >= 15 is 0 Å². The topological polar surface area (TPSA) is 35.9 Å². The van der Waals surface area contributed by atoms with Crippen molar-refractivity contribution in [1.29, 1.82) is 0 Å². The Balaban J connectivity index is 2.21. The molecule has 116 valence electrons. The van der Waals surface area contributed by atoms with E-state index in [0.717, 1.165) is 19.5 Å². The van der Waals surface area contributed by atoms with Crippen LogP contribution in [0.25, 0.3) is 5.70 Å². The van der Waals surface area contributed by atoms with Crippen LogP contribution in [0.15, 0.2) is 18.7 Å². The average Bonchev–Trinajstić information content (AvgIpc) is 2.85. The van der Waals surface area contributed by atoms with Crippen molar-refractivity contribution in [3.8, 4) is 11.5 Å². The molecular formula is C16H23FN2O2. The summed E-state index contributed by atoms with van der Waals surface area (Å²) in [6.45, 7) is 5.89. The number of benzene rings is 1. The molecule has 1 aromatic rings. The molecule has 0 amide bonds. The lowest BCUT2D eigenvalue weighted by atomic mass is 10.1. The first kappa shape index (κ1) is 15.6. The molecule has 0 radical (unpaired) electrons. The maximum absolute atomic E-state index is 13.8. The molecule has 1 aromatic carbocycles. The van der Waals surface area contributed by atoms with Crippen LogP contribution in [0.1, 0.15) is 18.4 Å². The fourth-order valence-electron chi connectivity index (χ4n) is 2.85. The third-order valence-electron chi connectivity index (χ3n) is 4.20. The van der Waals surface area contributed by atoms with Crippen molar-refractivity contribution < 1.29 is 14.2 Å². The van der Waals surface area contributed by atoms with Crippen molar-refractivity contribution in [3.63, 3.8) is 0 Å². The second-order valence-electron chi connectivity index (χ2n) is 5.58. The summed E-state index contributed by atoms with van der Waals surface area (Å²) in [7, 11) is 5.40. The Bertz CT molecular complexity index is 533. The number of nitrogens with zero attached hydrogens (tertiary/aromatic N) is 2. The summed E-state index contributed by atoms with van der Waals surface area (Å²) in [6.07, 6.45) is 2.33. The highest BCUT2D eigenvalue weighted by Crippen LogP contribution is 2.36. The minimum atomic E-state index is -0.502. The third kappa shape index (κ3) is 3.13. The molecule has 1 unspecified atom stereocenters. The van der Waals surface area contributed by atoms with Gasteiger partial charge in [0, 0.05) is 25.3 Å². The van der Waals surface area contributed by atoms with Crippen LogP contribution in [0.4, 0.5) is 4.39 Å². The van der Waals surface area contributed by atoms with Gasteiger partial charge in [-0.1, -0.05) is 6.58 Å². The summed E-state index contributed by atoms with van der Waals surface area (Å²) in [5.41, 5.74) is 0.879. The molecule has 0 aromatic heterocycles. The molecule has 1 aliphatic heterocycles. The number of methoxy groups -OCH3 is 1. The number of hydrogen-bond acceptors (Lipinski definition) is 4. The van der Waals surface area contributed by atoms with Crippen LogP contribution in [0.3, 0.4) is 0 Å². The van der Waals surface area contributed by atoms with Gasteiger partial charge in [-0.3, -0.25) is 0 Å². The van der Waals surface area contributed by atoms with Gasteiger partial charge in [0.15, 0.2) is 11.6 Å². The van der Waals surface area contributed by atoms with Crippen LogP contribution in [0.5, 0.6) is 11.5 Å². The Labute approximate surface area is 125 Å². The predicted octanol–water partition coefficient (Wildman–Crippen LogP) is 2.54. The van der Waals surface area contributed by atoms with Crippen molar-refractivity contribution in [2.75, 3.05) is 34.3 Å². The van der Waals surface area contributed by atoms with Gasteiger partial charge in [0.05, 0.1) is 12.7 Å². The van der Waals surface area contributed by atoms with E-state index in [1.807, 2.05) is 11.9 Å². The van der Waals surface area contributed by atoms with Crippen molar-refractivity contribution in [3.05, 3.63) is 30.1 Å². The monoisotopic (exact) mass is 294 g/mol. The van der Waals surface area contributed by atoms with E-state index in [2.05, 4.69) is 18.5 Å². The molecule has 0 bridgehead atoms. The zero-order chi connectivity index (χ0) is 15.6. The first-order valence-electron chi connectivity index (χ1n) is 7.11. The quantitative estimate of drug-likeness (QED) is 0.905.